The number of nitrogens with one attached hydrogen (secondary N) is 2. The molecule has 2 N–H and O–H groups in total. The average molecular weight is 823 g/mol. The van der Waals surface area contributed by atoms with Gasteiger partial charge in [-0.1, -0.05) is 60.5 Å². The van der Waals surface area contributed by atoms with Crippen molar-refractivity contribution in [1.82, 2.24) is 25.3 Å². The molecule has 2 aromatic carbocycles. The molecule has 5 unspecified atom stereocenters. The summed E-state index contributed by atoms with van der Waals surface area (Å²) in [7, 11) is 2.59. The highest BCUT2D eigenvalue weighted by Crippen LogP contribution is 2.46. The van der Waals surface area contributed by atoms with Gasteiger partial charge in [0.05, 0.1) is 50.9 Å². The van der Waals surface area contributed by atoms with E-state index in [0.717, 1.165) is 56.7 Å². The van der Waals surface area contributed by atoms with Gasteiger partial charge in [-0.15, -0.1) is 0 Å². The maximum Gasteiger partial charge on any atom is 0.336 e. The molecular weight excluding hydrogens is 765 g/mol. The van der Waals surface area contributed by atoms with E-state index in [0.29, 0.717) is 80.1 Å². The quantitative estimate of drug-likeness (QED) is 0.178. The number of hydrogen-bond donors (Lipinski definition) is 2. The summed E-state index contributed by atoms with van der Waals surface area (Å²) < 4.78 is 16.9. The Kier molecular flexibility index (Phi) is 14.0. The molecule has 0 aromatic heterocycles. The van der Waals surface area contributed by atoms with Crippen LogP contribution >= 0.6 is 23.2 Å². The number of benzene rings is 2. The van der Waals surface area contributed by atoms with E-state index in [1.807, 2.05) is 17.0 Å². The number of likely N-dealkylation sites (tertiary alicyclic amines) is 1. The van der Waals surface area contributed by atoms with Gasteiger partial charge in [0.15, 0.2) is 0 Å². The van der Waals surface area contributed by atoms with Gasteiger partial charge in [-0.25, -0.2) is 9.59 Å². The summed E-state index contributed by atoms with van der Waals surface area (Å²) in [6, 6.07) is 14.9. The number of amides is 1. The Hall–Kier alpha value is -3.45. The Morgan fingerprint density at radius 1 is 0.789 bits per heavy atom. The van der Waals surface area contributed by atoms with Gasteiger partial charge in [-0.05, 0) is 87.2 Å². The zero-order chi connectivity index (χ0) is 40.1. The van der Waals surface area contributed by atoms with Crippen molar-refractivity contribution < 1.29 is 28.6 Å². The number of nitrogens with zero attached hydrogens (tertiary/aromatic N) is 3. The first kappa shape index (κ1) is 41.7. The van der Waals surface area contributed by atoms with Gasteiger partial charge < -0.3 is 34.6 Å². The third-order valence-electron chi connectivity index (χ3n) is 12.8. The lowest BCUT2D eigenvalue weighted by Crippen LogP contribution is -2.56. The largest absolute Gasteiger partial charge is 0.466 e. The molecule has 0 spiro atoms. The summed E-state index contributed by atoms with van der Waals surface area (Å²) in [6.07, 6.45) is 6.83. The molecule has 0 saturated carbocycles. The van der Waals surface area contributed by atoms with Gasteiger partial charge in [0.1, 0.15) is 0 Å². The van der Waals surface area contributed by atoms with E-state index in [4.69, 9.17) is 37.4 Å². The van der Waals surface area contributed by atoms with Crippen LogP contribution < -0.4 is 10.6 Å². The fraction of sp³-hybridized carbons (Fsp3) is 0.568. The molecule has 2 bridgehead atoms. The average Bonchev–Trinajstić information content (AvgIpc) is 3.84. The van der Waals surface area contributed by atoms with Crippen molar-refractivity contribution in [2.75, 3.05) is 66.6 Å². The number of aryl methyl sites for hydroxylation is 1. The fourth-order valence-corrected chi connectivity index (χ4v) is 10.4. The molecule has 308 valence electrons. The lowest BCUT2D eigenvalue weighted by atomic mass is 9.78. The number of dihydropyridines is 1. The van der Waals surface area contributed by atoms with Crippen LogP contribution in [0.25, 0.3) is 0 Å². The van der Waals surface area contributed by atoms with E-state index in [9.17, 15) is 14.4 Å². The van der Waals surface area contributed by atoms with Crippen LogP contribution in [0.1, 0.15) is 74.5 Å². The molecule has 4 saturated heterocycles. The summed E-state index contributed by atoms with van der Waals surface area (Å²) in [6.45, 7) is 9.43. The minimum atomic E-state index is -1.05. The zero-order valence-corrected chi connectivity index (χ0v) is 35.0. The van der Waals surface area contributed by atoms with Gasteiger partial charge in [-0.3, -0.25) is 9.69 Å². The lowest BCUT2D eigenvalue weighted by molar-refractivity contribution is -0.137. The second-order valence-corrected chi connectivity index (χ2v) is 17.0. The third-order valence-corrected chi connectivity index (χ3v) is 13.4. The molecule has 7 rings (SSSR count). The summed E-state index contributed by atoms with van der Waals surface area (Å²) in [5, 5.41) is 7.75. The normalized spacial score (nSPS) is 25.5. The lowest BCUT2D eigenvalue weighted by Gasteiger charge is -2.43. The second kappa shape index (κ2) is 19.1. The summed E-state index contributed by atoms with van der Waals surface area (Å²) >= 11 is 13.7. The number of ether oxygens (including phenoxy) is 3. The Balaban J connectivity index is 1.14. The predicted molar refractivity (Wildman–Crippen MR) is 221 cm³/mol. The highest BCUT2D eigenvalue weighted by Gasteiger charge is 2.43. The first-order valence-corrected chi connectivity index (χ1v) is 21.4. The molecule has 13 heteroatoms. The molecule has 5 aliphatic heterocycles. The van der Waals surface area contributed by atoms with Crippen molar-refractivity contribution in [3.63, 3.8) is 0 Å². The monoisotopic (exact) mass is 821 g/mol. The first-order valence-electron chi connectivity index (χ1n) is 20.6. The Bertz CT molecular complexity index is 1830. The third kappa shape index (κ3) is 9.55. The Morgan fingerprint density at radius 2 is 1.46 bits per heavy atom. The number of hydrogen-bond acceptors (Lipinski definition) is 10. The minimum absolute atomic E-state index is 0.0998. The summed E-state index contributed by atoms with van der Waals surface area (Å²) in [4.78, 5) is 48.9. The summed E-state index contributed by atoms with van der Waals surface area (Å²) in [5.41, 5.74) is 3.70. The van der Waals surface area contributed by atoms with E-state index in [2.05, 4.69) is 39.5 Å². The van der Waals surface area contributed by atoms with Crippen LogP contribution in [0.3, 0.4) is 0 Å². The van der Waals surface area contributed by atoms with Gasteiger partial charge in [0.25, 0.3) is 0 Å². The smallest absolute Gasteiger partial charge is 0.336 e. The van der Waals surface area contributed by atoms with Crippen molar-refractivity contribution in [3.8, 4) is 0 Å². The number of esters is 2. The standard InChI is InChI=1S/C44H57Cl2N5O6/c1-28-23-31-24-32(25-36(28)47-31)50-17-19-51(20-18-50)38(52)26-37-41(44(54)56-3)42(39-33(45)11-8-12-34(39)46)40(43(53)55-2)35(48-37)14-13-29-9-4-5-10-30(29)27-57-22-21-49-15-6-7-16-49/h4-5,8-12,28,31-32,36,42,47-48H,6-7,13-27H2,1-3H3. The van der Waals surface area contributed by atoms with Gasteiger partial charge in [-0.2, -0.15) is 0 Å². The minimum Gasteiger partial charge on any atom is -0.466 e. The number of rotatable bonds is 14. The number of piperidine rings is 1. The summed E-state index contributed by atoms with van der Waals surface area (Å²) in [5.74, 6) is -1.80. The molecule has 5 atom stereocenters. The molecule has 4 fully saturated rings. The molecule has 1 amide bonds. The number of methoxy groups -OCH3 is 2. The SMILES string of the molecule is COC(=O)C1=C(CCc2ccccc2COCCN2CCCC2)NC(CC(=O)N2CCN(C3CC4CC(C)C(C3)N4)CC2)=C(C(=O)OC)C1c1c(Cl)cccc1Cl. The highest BCUT2D eigenvalue weighted by atomic mass is 35.5. The number of allylic oxidation sites excluding steroid dienone is 1. The first-order chi connectivity index (χ1) is 27.6. The maximum atomic E-state index is 14.2. The Morgan fingerprint density at radius 3 is 2.12 bits per heavy atom. The number of halogens is 2. The molecule has 0 radical (unpaired) electrons. The Labute approximate surface area is 347 Å². The molecule has 2 aromatic rings. The topological polar surface area (TPSA) is 113 Å². The van der Waals surface area contributed by atoms with Crippen molar-refractivity contribution in [2.45, 2.75) is 88.9 Å². The van der Waals surface area contributed by atoms with E-state index < -0.39 is 17.9 Å². The molecule has 5 heterocycles. The number of carbonyl (C=O) groups excluding carboxylic acids is 3. The van der Waals surface area contributed by atoms with Crippen molar-refractivity contribution >= 4 is 41.0 Å². The molecular formula is C44H57Cl2N5O6. The van der Waals surface area contributed by atoms with E-state index >= 15 is 0 Å². The van der Waals surface area contributed by atoms with Crippen LogP contribution in [0, 0.1) is 5.92 Å². The van der Waals surface area contributed by atoms with E-state index in [1.54, 1.807) is 18.2 Å². The molecule has 5 aliphatic rings. The van der Waals surface area contributed by atoms with Crippen LogP contribution in [0.5, 0.6) is 0 Å². The van der Waals surface area contributed by atoms with E-state index in [1.165, 1.54) is 33.5 Å². The fourth-order valence-electron chi connectivity index (χ4n) is 9.74. The predicted octanol–water partition coefficient (Wildman–Crippen LogP) is 5.84. The van der Waals surface area contributed by atoms with Crippen LogP contribution in [0.2, 0.25) is 10.0 Å². The highest BCUT2D eigenvalue weighted by molar-refractivity contribution is 6.36. The van der Waals surface area contributed by atoms with Crippen molar-refractivity contribution in [3.05, 3.63) is 91.7 Å². The maximum absolute atomic E-state index is 14.2. The molecule has 0 aliphatic carbocycles. The van der Waals surface area contributed by atoms with Gasteiger partial charge in [0.2, 0.25) is 5.91 Å². The van der Waals surface area contributed by atoms with Crippen LogP contribution in [-0.4, -0.2) is 117 Å². The number of fused-ring (bicyclic) bond motifs is 2. The number of carbonyl (C=O) groups is 3. The van der Waals surface area contributed by atoms with Crippen LogP contribution in [0.15, 0.2) is 65.0 Å². The zero-order valence-electron chi connectivity index (χ0n) is 33.5. The molecule has 11 nitrogen and oxygen atoms in total. The van der Waals surface area contributed by atoms with Gasteiger partial charge >= 0.3 is 11.9 Å². The number of piperazine rings is 1. The van der Waals surface area contributed by atoms with Crippen LogP contribution in [-0.2, 0) is 41.6 Å². The van der Waals surface area contributed by atoms with Crippen LogP contribution in [0.4, 0.5) is 0 Å². The van der Waals surface area contributed by atoms with E-state index in [-0.39, 0.29) is 33.5 Å². The molecule has 57 heavy (non-hydrogen) atoms. The van der Waals surface area contributed by atoms with Gasteiger partial charge in [0, 0.05) is 77.9 Å². The second-order valence-electron chi connectivity index (χ2n) is 16.2. The van der Waals surface area contributed by atoms with Crippen molar-refractivity contribution in [2.24, 2.45) is 5.92 Å². The van der Waals surface area contributed by atoms with Crippen molar-refractivity contribution in [1.29, 1.82) is 0 Å².